The molecule has 0 aliphatic heterocycles. The van der Waals surface area contributed by atoms with Gasteiger partial charge in [0.25, 0.3) is 5.95 Å². The maximum absolute atomic E-state index is 12.2. The van der Waals surface area contributed by atoms with Crippen LogP contribution in [0, 0.1) is 6.92 Å². The molecule has 0 aliphatic carbocycles. The van der Waals surface area contributed by atoms with Crippen LogP contribution in [0.4, 0.5) is 11.6 Å². The molecule has 0 saturated heterocycles. The molecule has 158 valence electrons. The summed E-state index contributed by atoms with van der Waals surface area (Å²) in [5.74, 6) is 8.47. The normalized spacial score (nSPS) is 10.9. The summed E-state index contributed by atoms with van der Waals surface area (Å²) in [4.78, 5) is 12.2. The van der Waals surface area contributed by atoms with Gasteiger partial charge in [0.15, 0.2) is 11.5 Å². The largest absolute Gasteiger partial charge is 0.493 e. The van der Waals surface area contributed by atoms with Crippen molar-refractivity contribution in [2.75, 3.05) is 36.6 Å². The van der Waals surface area contributed by atoms with Gasteiger partial charge >= 0.3 is 0 Å². The Morgan fingerprint density at radius 2 is 2.07 bits per heavy atom. The Balaban J connectivity index is 1.53. The van der Waals surface area contributed by atoms with Crippen molar-refractivity contribution >= 4 is 35.5 Å². The number of furan rings is 1. The summed E-state index contributed by atoms with van der Waals surface area (Å²) in [6.07, 6.45) is 1.49. The molecular formula is C18H21N7O4S. The fourth-order valence-electron chi connectivity index (χ4n) is 2.37. The molecule has 0 bridgehead atoms. The van der Waals surface area contributed by atoms with Gasteiger partial charge in [-0.3, -0.25) is 4.79 Å². The number of nitrogens with zero attached hydrogens (tertiary/aromatic N) is 4. The number of hydrazone groups is 1. The summed E-state index contributed by atoms with van der Waals surface area (Å²) in [6.45, 7) is 1.84. The van der Waals surface area contributed by atoms with Crippen molar-refractivity contribution in [1.29, 1.82) is 0 Å². The van der Waals surface area contributed by atoms with Crippen molar-refractivity contribution in [1.82, 2.24) is 14.9 Å². The molecule has 1 aromatic carbocycles. The second-order valence-corrected chi connectivity index (χ2v) is 6.84. The van der Waals surface area contributed by atoms with Gasteiger partial charge in [-0.05, 0) is 31.2 Å². The number of nitrogens with one attached hydrogen (secondary N) is 2. The fraction of sp³-hybridized carbons (Fsp3) is 0.222. The van der Waals surface area contributed by atoms with Gasteiger partial charge in [-0.2, -0.15) is 5.10 Å². The number of nitrogen functional groups attached to an aromatic ring is 1. The molecule has 0 unspecified atom stereocenters. The Bertz CT molecular complexity index is 1050. The Morgan fingerprint density at radius 1 is 1.27 bits per heavy atom. The summed E-state index contributed by atoms with van der Waals surface area (Å²) in [5, 5.41) is 15.0. The minimum atomic E-state index is -0.240. The number of ether oxygens (including phenoxy) is 2. The Hall–Kier alpha value is -3.67. The molecule has 2 aromatic heterocycles. The molecule has 0 aliphatic rings. The number of anilines is 2. The standard InChI is InChI=1S/C18H21N7O4S/c1-11-4-6-13(29-11)9-20-22-17-23-24-18(25(17)19)30-10-16(26)21-12-5-7-14(27-2)15(8-12)28-3/h4-9H,10,19H2,1-3H3,(H,21,26)(H,22,23)/b20-9+. The number of benzene rings is 1. The molecule has 0 saturated carbocycles. The van der Waals surface area contributed by atoms with Gasteiger partial charge in [-0.15, -0.1) is 10.2 Å². The van der Waals surface area contributed by atoms with E-state index in [0.717, 1.165) is 17.5 Å². The number of thioether (sulfide) groups is 1. The van der Waals surface area contributed by atoms with E-state index in [1.807, 2.05) is 13.0 Å². The van der Waals surface area contributed by atoms with E-state index in [1.54, 1.807) is 31.4 Å². The summed E-state index contributed by atoms with van der Waals surface area (Å²) >= 11 is 1.13. The first-order chi connectivity index (χ1) is 14.5. The zero-order chi connectivity index (χ0) is 21.5. The molecule has 11 nitrogen and oxygen atoms in total. The van der Waals surface area contributed by atoms with Gasteiger partial charge in [-0.25, -0.2) is 10.1 Å². The number of methoxy groups -OCH3 is 2. The monoisotopic (exact) mass is 431 g/mol. The molecule has 30 heavy (non-hydrogen) atoms. The van der Waals surface area contributed by atoms with Crippen LogP contribution in [-0.4, -0.2) is 47.0 Å². The molecular weight excluding hydrogens is 410 g/mol. The number of aromatic nitrogens is 3. The van der Waals surface area contributed by atoms with Crippen LogP contribution in [-0.2, 0) is 4.79 Å². The van der Waals surface area contributed by atoms with Gasteiger partial charge < -0.3 is 25.1 Å². The van der Waals surface area contributed by atoms with Crippen LogP contribution < -0.4 is 26.1 Å². The van der Waals surface area contributed by atoms with Gasteiger partial charge in [0.2, 0.25) is 11.1 Å². The Labute approximate surface area is 176 Å². The topological polar surface area (TPSA) is 142 Å². The number of aryl methyl sites for hydroxylation is 1. The molecule has 12 heteroatoms. The summed E-state index contributed by atoms with van der Waals surface area (Å²) in [5.41, 5.74) is 3.26. The third-order valence-electron chi connectivity index (χ3n) is 3.78. The highest BCUT2D eigenvalue weighted by molar-refractivity contribution is 7.99. The molecule has 0 fully saturated rings. The van der Waals surface area contributed by atoms with E-state index in [4.69, 9.17) is 19.7 Å². The van der Waals surface area contributed by atoms with Gasteiger partial charge in [0.1, 0.15) is 11.5 Å². The van der Waals surface area contributed by atoms with E-state index < -0.39 is 0 Å². The van der Waals surface area contributed by atoms with Crippen LogP contribution in [0.5, 0.6) is 11.5 Å². The average molecular weight is 431 g/mol. The summed E-state index contributed by atoms with van der Waals surface area (Å²) in [6, 6.07) is 8.71. The van der Waals surface area contributed by atoms with Crippen molar-refractivity contribution in [3.63, 3.8) is 0 Å². The lowest BCUT2D eigenvalue weighted by molar-refractivity contribution is -0.113. The molecule has 1 amide bonds. The lowest BCUT2D eigenvalue weighted by atomic mass is 10.2. The predicted octanol–water partition coefficient (Wildman–Crippen LogP) is 2.09. The number of carbonyl (C=O) groups is 1. The molecule has 0 spiro atoms. The molecule has 2 heterocycles. The number of hydrogen-bond donors (Lipinski definition) is 3. The zero-order valence-corrected chi connectivity index (χ0v) is 17.4. The zero-order valence-electron chi connectivity index (χ0n) is 16.6. The second kappa shape index (κ2) is 9.69. The van der Waals surface area contributed by atoms with Crippen molar-refractivity contribution in [3.05, 3.63) is 41.9 Å². The Morgan fingerprint density at radius 3 is 2.77 bits per heavy atom. The van der Waals surface area contributed by atoms with E-state index in [-0.39, 0.29) is 17.6 Å². The van der Waals surface area contributed by atoms with E-state index in [9.17, 15) is 4.79 Å². The van der Waals surface area contributed by atoms with E-state index in [0.29, 0.717) is 28.1 Å². The number of carbonyl (C=O) groups excluding carboxylic acids is 1. The first-order valence-electron chi connectivity index (χ1n) is 8.71. The Kier molecular flexibility index (Phi) is 6.80. The number of amides is 1. The first-order valence-corrected chi connectivity index (χ1v) is 9.69. The minimum absolute atomic E-state index is 0.0820. The maximum Gasteiger partial charge on any atom is 0.264 e. The fourth-order valence-corrected chi connectivity index (χ4v) is 3.03. The molecule has 4 N–H and O–H groups in total. The molecule has 0 radical (unpaired) electrons. The molecule has 3 rings (SSSR count). The number of rotatable bonds is 9. The smallest absolute Gasteiger partial charge is 0.264 e. The molecule has 3 aromatic rings. The van der Waals surface area contributed by atoms with Crippen molar-refractivity contribution in [3.8, 4) is 11.5 Å². The molecule has 0 atom stereocenters. The van der Waals surface area contributed by atoms with Crippen molar-refractivity contribution < 1.29 is 18.7 Å². The van der Waals surface area contributed by atoms with Crippen LogP contribution in [0.2, 0.25) is 0 Å². The second-order valence-electron chi connectivity index (χ2n) is 5.90. The first kappa shape index (κ1) is 21.0. The van der Waals surface area contributed by atoms with E-state index in [2.05, 4.69) is 26.0 Å². The van der Waals surface area contributed by atoms with Gasteiger partial charge in [0, 0.05) is 11.8 Å². The lowest BCUT2D eigenvalue weighted by Gasteiger charge is -2.10. The van der Waals surface area contributed by atoms with Crippen LogP contribution in [0.25, 0.3) is 0 Å². The summed E-state index contributed by atoms with van der Waals surface area (Å²) in [7, 11) is 3.07. The average Bonchev–Trinajstić information content (AvgIpc) is 3.31. The quantitative estimate of drug-likeness (QED) is 0.201. The van der Waals surface area contributed by atoms with Crippen LogP contribution >= 0.6 is 11.8 Å². The predicted molar refractivity (Wildman–Crippen MR) is 114 cm³/mol. The third-order valence-corrected chi connectivity index (χ3v) is 4.72. The van der Waals surface area contributed by atoms with Crippen LogP contribution in [0.1, 0.15) is 11.5 Å². The number of hydrogen-bond acceptors (Lipinski definition) is 10. The SMILES string of the molecule is COc1ccc(NC(=O)CSc2nnc(N/N=C/c3ccc(C)o3)n2N)cc1OC. The van der Waals surface area contributed by atoms with Crippen molar-refractivity contribution in [2.45, 2.75) is 12.1 Å². The van der Waals surface area contributed by atoms with E-state index in [1.165, 1.54) is 18.0 Å². The van der Waals surface area contributed by atoms with Crippen molar-refractivity contribution in [2.24, 2.45) is 5.10 Å². The number of nitrogens with two attached hydrogens (primary N) is 1. The highest BCUT2D eigenvalue weighted by atomic mass is 32.2. The highest BCUT2D eigenvalue weighted by Crippen LogP contribution is 2.29. The van der Waals surface area contributed by atoms with Crippen LogP contribution in [0.3, 0.4) is 0 Å². The van der Waals surface area contributed by atoms with Crippen LogP contribution in [0.15, 0.2) is 45.0 Å². The van der Waals surface area contributed by atoms with Gasteiger partial charge in [-0.1, -0.05) is 11.8 Å². The van der Waals surface area contributed by atoms with Gasteiger partial charge in [0.05, 0.1) is 26.2 Å². The third kappa shape index (κ3) is 5.23. The minimum Gasteiger partial charge on any atom is -0.493 e. The lowest BCUT2D eigenvalue weighted by Crippen LogP contribution is -2.17. The van der Waals surface area contributed by atoms with E-state index >= 15 is 0 Å². The maximum atomic E-state index is 12.2. The summed E-state index contributed by atoms with van der Waals surface area (Å²) < 4.78 is 17.0. The highest BCUT2D eigenvalue weighted by Gasteiger charge is 2.13.